The van der Waals surface area contributed by atoms with Crippen molar-refractivity contribution in [2.45, 2.75) is 56.2 Å². The van der Waals surface area contributed by atoms with Gasteiger partial charge < -0.3 is 15.4 Å². The van der Waals surface area contributed by atoms with Crippen LogP contribution in [0.4, 0.5) is 0 Å². The van der Waals surface area contributed by atoms with Crippen LogP contribution in [0.1, 0.15) is 48.9 Å². The molecule has 0 aliphatic carbocycles. The van der Waals surface area contributed by atoms with E-state index in [2.05, 4.69) is 20.5 Å². The van der Waals surface area contributed by atoms with Crippen molar-refractivity contribution in [1.29, 1.82) is 0 Å². The maximum atomic E-state index is 13.1. The molecule has 2 amide bonds. The van der Waals surface area contributed by atoms with Crippen LogP contribution in [-0.4, -0.2) is 65.6 Å². The van der Waals surface area contributed by atoms with Gasteiger partial charge in [-0.3, -0.25) is 19.5 Å². The van der Waals surface area contributed by atoms with Crippen LogP contribution in [0.25, 0.3) is 0 Å². The number of rotatable bonds is 5. The summed E-state index contributed by atoms with van der Waals surface area (Å²) in [6, 6.07) is 3.49. The SMILES string of the molecule is O=C(N[C@@H]1CN2CCCC[C@]2(C(=O)NC[C@@H]2CCCO2)C1)c1cccnc1. The summed E-state index contributed by atoms with van der Waals surface area (Å²) in [4.78, 5) is 31.9. The fourth-order valence-corrected chi connectivity index (χ4v) is 4.72. The molecule has 0 spiro atoms. The van der Waals surface area contributed by atoms with E-state index in [0.29, 0.717) is 18.5 Å². The molecule has 0 radical (unpaired) electrons. The van der Waals surface area contributed by atoms with Gasteiger partial charge in [-0.25, -0.2) is 0 Å². The van der Waals surface area contributed by atoms with Gasteiger partial charge in [-0.2, -0.15) is 0 Å². The molecule has 3 fully saturated rings. The Kier molecular flexibility index (Phi) is 5.41. The molecule has 3 aliphatic rings. The first-order valence-corrected chi connectivity index (χ1v) is 10.0. The Bertz CT molecular complexity index is 677. The number of hydrogen-bond donors (Lipinski definition) is 2. The van der Waals surface area contributed by atoms with Gasteiger partial charge in [-0.1, -0.05) is 0 Å². The van der Waals surface area contributed by atoms with Crippen molar-refractivity contribution in [2.24, 2.45) is 0 Å². The maximum absolute atomic E-state index is 13.1. The van der Waals surface area contributed by atoms with Crippen LogP contribution in [0, 0.1) is 0 Å². The Morgan fingerprint density at radius 3 is 3.04 bits per heavy atom. The number of ether oxygens (including phenoxy) is 1. The highest BCUT2D eigenvalue weighted by molar-refractivity contribution is 5.94. The lowest BCUT2D eigenvalue weighted by Crippen LogP contribution is -2.58. The van der Waals surface area contributed by atoms with Gasteiger partial charge in [0.25, 0.3) is 5.91 Å². The zero-order valence-electron chi connectivity index (χ0n) is 15.7. The van der Waals surface area contributed by atoms with Gasteiger partial charge in [0, 0.05) is 38.1 Å². The Morgan fingerprint density at radius 1 is 1.33 bits per heavy atom. The molecule has 3 atom stereocenters. The lowest BCUT2D eigenvalue weighted by atomic mass is 9.84. The average molecular weight is 372 g/mol. The van der Waals surface area contributed by atoms with Crippen molar-refractivity contribution in [1.82, 2.24) is 20.5 Å². The number of fused-ring (bicyclic) bond motifs is 1. The Balaban J connectivity index is 1.41. The zero-order chi connectivity index (χ0) is 18.7. The van der Waals surface area contributed by atoms with Gasteiger partial charge in [0.15, 0.2) is 0 Å². The molecular formula is C20H28N4O3. The van der Waals surface area contributed by atoms with Gasteiger partial charge in [0.1, 0.15) is 5.54 Å². The molecule has 0 saturated carbocycles. The second kappa shape index (κ2) is 7.94. The molecule has 0 unspecified atom stereocenters. The normalized spacial score (nSPS) is 30.7. The van der Waals surface area contributed by atoms with Crippen LogP contribution < -0.4 is 10.6 Å². The van der Waals surface area contributed by atoms with Crippen molar-refractivity contribution in [2.75, 3.05) is 26.2 Å². The smallest absolute Gasteiger partial charge is 0.253 e. The number of carbonyl (C=O) groups is 2. The van der Waals surface area contributed by atoms with Crippen LogP contribution in [0.15, 0.2) is 24.5 Å². The fourth-order valence-electron chi connectivity index (χ4n) is 4.72. The summed E-state index contributed by atoms with van der Waals surface area (Å²) in [5, 5.41) is 6.24. The van der Waals surface area contributed by atoms with Crippen LogP contribution in [0.3, 0.4) is 0 Å². The average Bonchev–Trinajstić information content (AvgIpc) is 3.34. The van der Waals surface area contributed by atoms with Crippen molar-refractivity contribution < 1.29 is 14.3 Å². The van der Waals surface area contributed by atoms with Gasteiger partial charge in [-0.05, 0) is 57.2 Å². The second-order valence-corrected chi connectivity index (χ2v) is 7.90. The predicted molar refractivity (Wildman–Crippen MR) is 100 cm³/mol. The zero-order valence-corrected chi connectivity index (χ0v) is 15.7. The van der Waals surface area contributed by atoms with Crippen molar-refractivity contribution >= 4 is 11.8 Å². The predicted octanol–water partition coefficient (Wildman–Crippen LogP) is 1.10. The van der Waals surface area contributed by atoms with Crippen molar-refractivity contribution in [3.63, 3.8) is 0 Å². The highest BCUT2D eigenvalue weighted by Gasteiger charge is 2.52. The third-order valence-corrected chi connectivity index (χ3v) is 6.09. The van der Waals surface area contributed by atoms with Crippen molar-refractivity contribution in [3.05, 3.63) is 30.1 Å². The van der Waals surface area contributed by atoms with Crippen LogP contribution in [0.2, 0.25) is 0 Å². The maximum Gasteiger partial charge on any atom is 0.253 e. The number of carbonyl (C=O) groups excluding carboxylic acids is 2. The minimum Gasteiger partial charge on any atom is -0.376 e. The fraction of sp³-hybridized carbons (Fsp3) is 0.650. The number of nitrogens with one attached hydrogen (secondary N) is 2. The molecule has 146 valence electrons. The van der Waals surface area contributed by atoms with Crippen LogP contribution >= 0.6 is 0 Å². The molecule has 27 heavy (non-hydrogen) atoms. The summed E-state index contributed by atoms with van der Waals surface area (Å²) in [6.45, 7) is 3.01. The van der Waals surface area contributed by atoms with Gasteiger partial charge in [0.2, 0.25) is 5.91 Å². The van der Waals surface area contributed by atoms with Gasteiger partial charge in [-0.15, -0.1) is 0 Å². The third kappa shape index (κ3) is 3.84. The Hall–Kier alpha value is -1.99. The van der Waals surface area contributed by atoms with E-state index in [4.69, 9.17) is 4.74 Å². The third-order valence-electron chi connectivity index (χ3n) is 6.09. The van der Waals surface area contributed by atoms with Crippen LogP contribution in [0.5, 0.6) is 0 Å². The molecule has 4 rings (SSSR count). The van der Waals surface area contributed by atoms with Crippen molar-refractivity contribution in [3.8, 4) is 0 Å². The molecule has 3 saturated heterocycles. The molecule has 1 aromatic rings. The highest BCUT2D eigenvalue weighted by atomic mass is 16.5. The molecular weight excluding hydrogens is 344 g/mol. The second-order valence-electron chi connectivity index (χ2n) is 7.90. The Labute approximate surface area is 159 Å². The standard InChI is InChI=1S/C20H28N4O3/c25-18(15-5-3-8-21-12-15)23-16-11-20(7-1-2-9-24(20)14-16)19(26)22-13-17-6-4-10-27-17/h3,5,8,12,16-17H,1-2,4,6-7,9-11,13-14H2,(H,22,26)(H,23,25)/t16-,17-,20+/m0/s1. The van der Waals surface area contributed by atoms with E-state index >= 15 is 0 Å². The number of hydrogen-bond acceptors (Lipinski definition) is 5. The molecule has 7 heteroatoms. The van der Waals surface area contributed by atoms with E-state index in [0.717, 1.165) is 51.8 Å². The summed E-state index contributed by atoms with van der Waals surface area (Å²) < 4.78 is 5.63. The first-order chi connectivity index (χ1) is 13.2. The van der Waals surface area contributed by atoms with Crippen LogP contribution in [-0.2, 0) is 9.53 Å². The molecule has 2 N–H and O–H groups in total. The molecule has 7 nitrogen and oxygen atoms in total. The topological polar surface area (TPSA) is 83.6 Å². The summed E-state index contributed by atoms with van der Waals surface area (Å²) in [5.41, 5.74) is 0.0586. The molecule has 4 heterocycles. The van der Waals surface area contributed by atoms with E-state index in [9.17, 15) is 9.59 Å². The monoisotopic (exact) mass is 372 g/mol. The largest absolute Gasteiger partial charge is 0.376 e. The molecule has 3 aliphatic heterocycles. The number of aromatic nitrogens is 1. The summed E-state index contributed by atoms with van der Waals surface area (Å²) in [5.74, 6) is -0.0290. The minimum absolute atomic E-state index is 0.0238. The summed E-state index contributed by atoms with van der Waals surface area (Å²) in [7, 11) is 0. The van der Waals surface area contributed by atoms with E-state index in [1.807, 2.05) is 0 Å². The summed E-state index contributed by atoms with van der Waals surface area (Å²) in [6.07, 6.45) is 9.12. The first-order valence-electron chi connectivity index (χ1n) is 10.0. The number of pyridine rings is 1. The molecule has 0 bridgehead atoms. The summed E-state index contributed by atoms with van der Waals surface area (Å²) >= 11 is 0. The van der Waals surface area contributed by atoms with E-state index < -0.39 is 5.54 Å². The quantitative estimate of drug-likeness (QED) is 0.809. The number of amides is 2. The highest BCUT2D eigenvalue weighted by Crippen LogP contribution is 2.38. The van der Waals surface area contributed by atoms with Gasteiger partial charge >= 0.3 is 0 Å². The van der Waals surface area contributed by atoms with E-state index in [1.165, 1.54) is 0 Å². The minimum atomic E-state index is -0.496. The number of nitrogens with zero attached hydrogens (tertiary/aromatic N) is 2. The molecule has 0 aromatic carbocycles. The molecule has 1 aromatic heterocycles. The first kappa shape index (κ1) is 18.4. The lowest BCUT2D eigenvalue weighted by molar-refractivity contribution is -0.134. The van der Waals surface area contributed by atoms with Gasteiger partial charge in [0.05, 0.1) is 11.7 Å². The van der Waals surface area contributed by atoms with E-state index in [-0.39, 0.29) is 24.0 Å². The van der Waals surface area contributed by atoms with E-state index in [1.54, 1.807) is 24.5 Å². The lowest BCUT2D eigenvalue weighted by Gasteiger charge is -2.40. The Morgan fingerprint density at radius 2 is 2.26 bits per heavy atom. The number of piperidine rings is 1.